The van der Waals surface area contributed by atoms with Crippen LogP contribution in [0.25, 0.3) is 5.69 Å². The van der Waals surface area contributed by atoms with Gasteiger partial charge in [-0.05, 0) is 98.7 Å². The quantitative estimate of drug-likeness (QED) is 0.333. The van der Waals surface area contributed by atoms with E-state index in [-0.39, 0.29) is 12.1 Å². The maximum absolute atomic E-state index is 5.94. The second-order valence-electron chi connectivity index (χ2n) is 10.1. The van der Waals surface area contributed by atoms with Gasteiger partial charge in [0.1, 0.15) is 0 Å². The fraction of sp³-hybridized carbons (Fsp3) is 0.290. The first-order chi connectivity index (χ1) is 18.5. The van der Waals surface area contributed by atoms with Gasteiger partial charge in [0.15, 0.2) is 5.11 Å². The van der Waals surface area contributed by atoms with E-state index in [1.807, 2.05) is 18.3 Å². The molecule has 0 amide bonds. The molecule has 6 nitrogen and oxygen atoms in total. The van der Waals surface area contributed by atoms with Gasteiger partial charge >= 0.3 is 0 Å². The number of aromatic nitrogens is 2. The number of nitrogens with zero attached hydrogens (tertiary/aromatic N) is 4. The van der Waals surface area contributed by atoms with Gasteiger partial charge < -0.3 is 24.4 Å². The van der Waals surface area contributed by atoms with Crippen molar-refractivity contribution in [2.45, 2.75) is 32.9 Å². The van der Waals surface area contributed by atoms with Crippen molar-refractivity contribution in [2.75, 3.05) is 36.1 Å². The summed E-state index contributed by atoms with van der Waals surface area (Å²) in [7, 11) is 0. The topological polar surface area (TPSA) is 45.6 Å². The molecule has 0 saturated carbocycles. The molecule has 0 aliphatic carbocycles. The summed E-state index contributed by atoms with van der Waals surface area (Å²) >= 11 is 5.94. The summed E-state index contributed by atoms with van der Waals surface area (Å²) in [6, 6.07) is 25.7. The second kappa shape index (κ2) is 10.2. The number of pyridine rings is 1. The lowest BCUT2D eigenvalue weighted by Crippen LogP contribution is -2.36. The second-order valence-corrected chi connectivity index (χ2v) is 10.5. The van der Waals surface area contributed by atoms with Gasteiger partial charge in [-0.2, -0.15) is 0 Å². The van der Waals surface area contributed by atoms with E-state index in [1.54, 1.807) is 0 Å². The van der Waals surface area contributed by atoms with Crippen molar-refractivity contribution in [3.63, 3.8) is 0 Å². The molecule has 2 aromatic heterocycles. The highest BCUT2D eigenvalue weighted by Crippen LogP contribution is 2.44. The van der Waals surface area contributed by atoms with Gasteiger partial charge in [0.2, 0.25) is 0 Å². The fourth-order valence-corrected chi connectivity index (χ4v) is 6.19. The van der Waals surface area contributed by atoms with E-state index >= 15 is 0 Å². The maximum Gasteiger partial charge on any atom is 0.174 e. The Kier molecular flexibility index (Phi) is 6.64. The SMILES string of the molecule is Cc1cccc(N2C(=S)N[C@H](c3ccccn3)[C@@H]2c2cc(C)n(-c3ccc(N4CCOCC4)cc3)c2C)c1. The number of aryl methyl sites for hydroxylation is 2. The summed E-state index contributed by atoms with van der Waals surface area (Å²) in [4.78, 5) is 9.36. The molecule has 2 atom stereocenters. The molecule has 4 heterocycles. The van der Waals surface area contributed by atoms with Crippen molar-refractivity contribution in [2.24, 2.45) is 0 Å². The standard InChI is InChI=1S/C31H33N5OS/c1-21-7-6-8-26(19-21)36-30(29(33-31(36)38)28-9-4-5-14-32-28)27-20-22(2)35(23(27)3)25-12-10-24(11-13-25)34-15-17-37-18-16-34/h4-14,19-20,29-30H,15-18H2,1-3H3,(H,33,38)/t29-,30+/m1/s1. The zero-order valence-electron chi connectivity index (χ0n) is 22.1. The molecule has 0 bridgehead atoms. The summed E-state index contributed by atoms with van der Waals surface area (Å²) in [6.07, 6.45) is 1.85. The first-order valence-electron chi connectivity index (χ1n) is 13.2. The molecule has 7 heteroatoms. The van der Waals surface area contributed by atoms with Crippen LogP contribution < -0.4 is 15.1 Å². The average Bonchev–Trinajstić information content (AvgIpc) is 3.44. The Balaban J connectivity index is 1.42. The largest absolute Gasteiger partial charge is 0.378 e. The lowest BCUT2D eigenvalue weighted by atomic mass is 9.96. The third-order valence-electron chi connectivity index (χ3n) is 7.65. The summed E-state index contributed by atoms with van der Waals surface area (Å²) < 4.78 is 7.87. The summed E-state index contributed by atoms with van der Waals surface area (Å²) in [5, 5.41) is 4.31. The van der Waals surface area contributed by atoms with Crippen LogP contribution in [0.3, 0.4) is 0 Å². The highest BCUT2D eigenvalue weighted by Gasteiger charge is 2.42. The molecule has 0 unspecified atom stereocenters. The van der Waals surface area contributed by atoms with Crippen LogP contribution in [0.5, 0.6) is 0 Å². The molecule has 2 fully saturated rings. The number of hydrogen-bond acceptors (Lipinski definition) is 4. The van der Waals surface area contributed by atoms with Gasteiger partial charge in [-0.1, -0.05) is 18.2 Å². The van der Waals surface area contributed by atoms with Crippen LogP contribution in [-0.4, -0.2) is 41.0 Å². The number of morpholine rings is 1. The summed E-state index contributed by atoms with van der Waals surface area (Å²) in [6.45, 7) is 9.95. The van der Waals surface area contributed by atoms with Crippen molar-refractivity contribution in [1.82, 2.24) is 14.9 Å². The van der Waals surface area contributed by atoms with E-state index in [0.29, 0.717) is 0 Å². The molecule has 2 saturated heterocycles. The monoisotopic (exact) mass is 523 g/mol. The van der Waals surface area contributed by atoms with Gasteiger partial charge in [0.25, 0.3) is 0 Å². The molecule has 38 heavy (non-hydrogen) atoms. The van der Waals surface area contributed by atoms with E-state index in [9.17, 15) is 0 Å². The number of rotatable bonds is 5. The van der Waals surface area contributed by atoms with Crippen LogP contribution in [0.4, 0.5) is 11.4 Å². The number of benzene rings is 2. The molecular weight excluding hydrogens is 490 g/mol. The van der Waals surface area contributed by atoms with Gasteiger partial charge in [-0.25, -0.2) is 0 Å². The number of nitrogens with one attached hydrogen (secondary N) is 1. The highest BCUT2D eigenvalue weighted by molar-refractivity contribution is 7.80. The minimum Gasteiger partial charge on any atom is -0.378 e. The first-order valence-corrected chi connectivity index (χ1v) is 13.6. The van der Waals surface area contributed by atoms with Crippen molar-refractivity contribution >= 4 is 28.7 Å². The van der Waals surface area contributed by atoms with Gasteiger partial charge in [-0.3, -0.25) is 4.98 Å². The van der Waals surface area contributed by atoms with Crippen molar-refractivity contribution < 1.29 is 4.74 Å². The average molecular weight is 524 g/mol. The number of ether oxygens (including phenoxy) is 1. The van der Waals surface area contributed by atoms with Gasteiger partial charge in [0.05, 0.1) is 31.0 Å². The maximum atomic E-state index is 5.94. The van der Waals surface area contributed by atoms with Crippen LogP contribution in [0, 0.1) is 20.8 Å². The summed E-state index contributed by atoms with van der Waals surface area (Å²) in [5.74, 6) is 0. The number of thiocarbonyl (C=S) groups is 1. The van der Waals surface area contributed by atoms with E-state index in [0.717, 1.165) is 48.5 Å². The predicted molar refractivity (Wildman–Crippen MR) is 157 cm³/mol. The minimum absolute atomic E-state index is 0.0354. The Morgan fingerprint density at radius 3 is 2.34 bits per heavy atom. The molecule has 2 aromatic carbocycles. The smallest absolute Gasteiger partial charge is 0.174 e. The molecule has 194 valence electrons. The van der Waals surface area contributed by atoms with Crippen molar-refractivity contribution in [3.05, 3.63) is 107 Å². The zero-order valence-corrected chi connectivity index (χ0v) is 22.9. The van der Waals surface area contributed by atoms with Gasteiger partial charge in [0, 0.05) is 47.7 Å². The fourth-order valence-electron chi connectivity index (χ4n) is 5.85. The molecule has 6 rings (SSSR count). The van der Waals surface area contributed by atoms with Crippen molar-refractivity contribution in [1.29, 1.82) is 0 Å². The molecular formula is C31H33N5OS. The minimum atomic E-state index is -0.0677. The van der Waals surface area contributed by atoms with Crippen LogP contribution in [0.2, 0.25) is 0 Å². The predicted octanol–water partition coefficient (Wildman–Crippen LogP) is 5.81. The third kappa shape index (κ3) is 4.46. The zero-order chi connectivity index (χ0) is 26.2. The molecule has 2 aliphatic rings. The van der Waals surface area contributed by atoms with Crippen molar-refractivity contribution in [3.8, 4) is 5.69 Å². The lowest BCUT2D eigenvalue weighted by Gasteiger charge is -2.29. The van der Waals surface area contributed by atoms with Gasteiger partial charge in [-0.15, -0.1) is 0 Å². The molecule has 2 aliphatic heterocycles. The van der Waals surface area contributed by atoms with E-state index < -0.39 is 0 Å². The molecule has 0 radical (unpaired) electrons. The highest BCUT2D eigenvalue weighted by atomic mass is 32.1. The van der Waals surface area contributed by atoms with Crippen LogP contribution in [0.1, 0.15) is 40.3 Å². The van der Waals surface area contributed by atoms with E-state index in [1.165, 1.54) is 28.2 Å². The lowest BCUT2D eigenvalue weighted by molar-refractivity contribution is 0.122. The van der Waals surface area contributed by atoms with Crippen LogP contribution in [-0.2, 0) is 4.74 Å². The van der Waals surface area contributed by atoms with E-state index in [4.69, 9.17) is 21.9 Å². The summed E-state index contributed by atoms with van der Waals surface area (Å²) in [5.41, 5.74) is 9.31. The Morgan fingerprint density at radius 1 is 0.868 bits per heavy atom. The molecule has 1 N–H and O–H groups in total. The molecule has 0 spiro atoms. The Hall–Kier alpha value is -3.68. The number of anilines is 2. The Bertz CT molecular complexity index is 1440. The first kappa shape index (κ1) is 24.6. The number of hydrogen-bond donors (Lipinski definition) is 1. The third-order valence-corrected chi connectivity index (χ3v) is 7.97. The normalized spacial score (nSPS) is 19.6. The molecule has 4 aromatic rings. The Morgan fingerprint density at radius 2 is 1.63 bits per heavy atom. The van der Waals surface area contributed by atoms with Crippen LogP contribution in [0.15, 0.2) is 79.0 Å². The van der Waals surface area contributed by atoms with E-state index in [2.05, 4.69) is 101 Å². The van der Waals surface area contributed by atoms with Crippen LogP contribution >= 0.6 is 12.2 Å². The Labute approximate surface area is 229 Å².